The van der Waals surface area contributed by atoms with E-state index in [9.17, 15) is 26.4 Å². The van der Waals surface area contributed by atoms with E-state index in [-0.39, 0.29) is 6.42 Å². The zero-order valence-electron chi connectivity index (χ0n) is 17.5. The van der Waals surface area contributed by atoms with Gasteiger partial charge in [0.05, 0.1) is 18.8 Å². The van der Waals surface area contributed by atoms with Crippen LogP contribution in [0.2, 0.25) is 0 Å². The van der Waals surface area contributed by atoms with Crippen molar-refractivity contribution < 1.29 is 26.4 Å². The number of likely N-dealkylation sites (tertiary alicyclic amines) is 1. The van der Waals surface area contributed by atoms with Gasteiger partial charge in [0.25, 0.3) is 5.92 Å². The van der Waals surface area contributed by atoms with Crippen LogP contribution in [-0.4, -0.2) is 50.0 Å². The first-order chi connectivity index (χ1) is 14.4. The Kier molecular flexibility index (Phi) is 6.48. The Balaban J connectivity index is 1.98. The van der Waals surface area contributed by atoms with Gasteiger partial charge in [0, 0.05) is 5.92 Å². The zero-order chi connectivity index (χ0) is 23.0. The van der Waals surface area contributed by atoms with Gasteiger partial charge >= 0.3 is 0 Å². The number of sulfonamides is 1. The lowest BCUT2D eigenvalue weighted by atomic mass is 9.96. The predicted octanol–water partition coefficient (Wildman–Crippen LogP) is 3.46. The van der Waals surface area contributed by atoms with Gasteiger partial charge in [-0.1, -0.05) is 50.2 Å². The topological polar surface area (TPSA) is 66.5 Å². The largest absolute Gasteiger partial charge is 0.331 e. The number of nitrogens with one attached hydrogen (secondary N) is 1. The van der Waals surface area contributed by atoms with Crippen LogP contribution in [0.1, 0.15) is 19.4 Å². The average Bonchev–Trinajstić information content (AvgIpc) is 2.90. The summed E-state index contributed by atoms with van der Waals surface area (Å²) in [5.41, 5.74) is 1.95. The van der Waals surface area contributed by atoms with Crippen molar-refractivity contribution in [2.24, 2.45) is 5.92 Å². The van der Waals surface area contributed by atoms with E-state index in [4.69, 9.17) is 0 Å². The lowest BCUT2D eigenvalue weighted by Gasteiger charge is -2.29. The Morgan fingerprint density at radius 2 is 1.77 bits per heavy atom. The lowest BCUT2D eigenvalue weighted by Crippen LogP contribution is -2.52. The smallest absolute Gasteiger partial charge is 0.283 e. The molecular formula is C22H25F3N2O3S. The molecular weight excluding hydrogens is 429 g/mol. The van der Waals surface area contributed by atoms with Gasteiger partial charge in [-0.2, -0.15) is 0 Å². The molecule has 9 heteroatoms. The Morgan fingerprint density at radius 3 is 2.35 bits per heavy atom. The van der Waals surface area contributed by atoms with Crippen LogP contribution in [0.25, 0.3) is 11.1 Å². The molecule has 0 aromatic heterocycles. The van der Waals surface area contributed by atoms with Crippen molar-refractivity contribution in [3.63, 3.8) is 0 Å². The van der Waals surface area contributed by atoms with Gasteiger partial charge < -0.3 is 4.90 Å². The van der Waals surface area contributed by atoms with E-state index in [1.54, 1.807) is 50.2 Å². The molecule has 1 unspecified atom stereocenters. The molecule has 5 nitrogen and oxygen atoms in total. The number of carbonyl (C=O) groups is 1. The van der Waals surface area contributed by atoms with Gasteiger partial charge in [-0.05, 0) is 35.2 Å². The summed E-state index contributed by atoms with van der Waals surface area (Å²) in [6.07, 6.45) is 0.835. The first-order valence-corrected chi connectivity index (χ1v) is 11.8. The number of hydrogen-bond donors (Lipinski definition) is 1. The van der Waals surface area contributed by atoms with E-state index in [0.717, 1.165) is 11.2 Å². The summed E-state index contributed by atoms with van der Waals surface area (Å²) < 4.78 is 68.8. The minimum Gasteiger partial charge on any atom is -0.331 e. The lowest BCUT2D eigenvalue weighted by molar-refractivity contribution is -0.136. The van der Waals surface area contributed by atoms with Gasteiger partial charge in [0.1, 0.15) is 11.9 Å². The van der Waals surface area contributed by atoms with Crippen molar-refractivity contribution in [2.75, 3.05) is 12.8 Å². The fourth-order valence-corrected chi connectivity index (χ4v) is 4.68. The molecule has 1 aliphatic rings. The summed E-state index contributed by atoms with van der Waals surface area (Å²) in [6.45, 7) is 2.37. The second-order valence-electron chi connectivity index (χ2n) is 8.23. The number of carbonyl (C=O) groups excluding carboxylic acids is 1. The highest BCUT2D eigenvalue weighted by Crippen LogP contribution is 2.36. The van der Waals surface area contributed by atoms with Crippen molar-refractivity contribution in [1.29, 1.82) is 0 Å². The van der Waals surface area contributed by atoms with Crippen LogP contribution in [-0.2, 0) is 21.2 Å². The Labute approximate surface area is 180 Å². The number of halogens is 3. The van der Waals surface area contributed by atoms with Crippen molar-refractivity contribution >= 4 is 15.9 Å². The third kappa shape index (κ3) is 5.46. The molecule has 2 aromatic carbocycles. The van der Waals surface area contributed by atoms with Crippen LogP contribution in [0.15, 0.2) is 48.5 Å². The first kappa shape index (κ1) is 23.3. The van der Waals surface area contributed by atoms with Gasteiger partial charge in [0.15, 0.2) is 0 Å². The third-order valence-corrected chi connectivity index (χ3v) is 5.95. The SMILES string of the molecule is CC(C)C(=O)N1CC(F)(F)[C@@H](NS(C)(=O)=O)C1Cc1cccc(-c2cccc(F)c2)c1. The molecule has 31 heavy (non-hydrogen) atoms. The van der Waals surface area contributed by atoms with Gasteiger partial charge in [-0.3, -0.25) is 4.79 Å². The first-order valence-electron chi connectivity index (χ1n) is 9.88. The molecule has 1 heterocycles. The maximum atomic E-state index is 14.8. The van der Waals surface area contributed by atoms with Crippen LogP contribution < -0.4 is 4.72 Å². The molecule has 1 aliphatic heterocycles. The number of nitrogens with zero attached hydrogens (tertiary/aromatic N) is 1. The summed E-state index contributed by atoms with van der Waals surface area (Å²) in [6, 6.07) is 10.1. The van der Waals surface area contributed by atoms with E-state index >= 15 is 0 Å². The third-order valence-electron chi connectivity index (χ3n) is 5.27. The van der Waals surface area contributed by atoms with Gasteiger partial charge in [-0.15, -0.1) is 0 Å². The highest BCUT2D eigenvalue weighted by atomic mass is 32.2. The fourth-order valence-electron chi connectivity index (χ4n) is 3.89. The molecule has 2 aromatic rings. The fraction of sp³-hybridized carbons (Fsp3) is 0.409. The average molecular weight is 455 g/mol. The maximum absolute atomic E-state index is 14.8. The van der Waals surface area contributed by atoms with E-state index < -0.39 is 52.2 Å². The molecule has 0 radical (unpaired) electrons. The minimum absolute atomic E-state index is 0.0182. The van der Waals surface area contributed by atoms with Crippen LogP contribution in [0.5, 0.6) is 0 Å². The van der Waals surface area contributed by atoms with Crippen LogP contribution in [0.3, 0.4) is 0 Å². The number of alkyl halides is 2. The number of amides is 1. The molecule has 3 rings (SSSR count). The summed E-state index contributed by atoms with van der Waals surface area (Å²) in [5, 5.41) is 0. The number of benzene rings is 2. The standard InChI is InChI=1S/C22H25F3N2O3S/c1-14(2)21(28)27-13-22(24,25)20(26-31(3,29)30)19(27)11-15-6-4-7-16(10-15)17-8-5-9-18(23)12-17/h4-10,12,14,19-20,26H,11,13H2,1-3H3/t19?,20-/m0/s1. The molecule has 0 bridgehead atoms. The highest BCUT2D eigenvalue weighted by Gasteiger charge is 2.56. The van der Waals surface area contributed by atoms with Crippen LogP contribution >= 0.6 is 0 Å². The second-order valence-corrected chi connectivity index (χ2v) is 10.0. The summed E-state index contributed by atoms with van der Waals surface area (Å²) >= 11 is 0. The Morgan fingerprint density at radius 1 is 1.16 bits per heavy atom. The minimum atomic E-state index is -3.94. The second kappa shape index (κ2) is 8.63. The van der Waals surface area contributed by atoms with Crippen LogP contribution in [0.4, 0.5) is 13.2 Å². The van der Waals surface area contributed by atoms with Crippen molar-refractivity contribution in [1.82, 2.24) is 9.62 Å². The zero-order valence-corrected chi connectivity index (χ0v) is 18.3. The van der Waals surface area contributed by atoms with Crippen molar-refractivity contribution in [2.45, 2.75) is 38.3 Å². The quantitative estimate of drug-likeness (QED) is 0.727. The highest BCUT2D eigenvalue weighted by molar-refractivity contribution is 7.88. The van der Waals surface area contributed by atoms with Gasteiger partial charge in [-0.25, -0.2) is 26.3 Å². The summed E-state index contributed by atoms with van der Waals surface area (Å²) in [4.78, 5) is 13.7. The number of hydrogen-bond acceptors (Lipinski definition) is 3. The van der Waals surface area contributed by atoms with Crippen molar-refractivity contribution in [3.8, 4) is 11.1 Å². The molecule has 2 atom stereocenters. The molecule has 1 fully saturated rings. The van der Waals surface area contributed by atoms with E-state index in [1.165, 1.54) is 12.1 Å². The van der Waals surface area contributed by atoms with E-state index in [0.29, 0.717) is 16.7 Å². The molecule has 0 spiro atoms. The number of rotatable bonds is 6. The maximum Gasteiger partial charge on any atom is 0.283 e. The molecule has 1 saturated heterocycles. The van der Waals surface area contributed by atoms with E-state index in [2.05, 4.69) is 0 Å². The summed E-state index contributed by atoms with van der Waals surface area (Å²) in [7, 11) is -3.94. The predicted molar refractivity (Wildman–Crippen MR) is 113 cm³/mol. The van der Waals surface area contributed by atoms with Gasteiger partial charge in [0.2, 0.25) is 15.9 Å². The molecule has 168 valence electrons. The normalized spacial score (nSPS) is 20.9. The monoisotopic (exact) mass is 454 g/mol. The Hall–Kier alpha value is -2.39. The summed E-state index contributed by atoms with van der Waals surface area (Å²) in [5.74, 6) is -4.81. The van der Waals surface area contributed by atoms with Crippen molar-refractivity contribution in [3.05, 3.63) is 59.9 Å². The Bertz CT molecular complexity index is 1070. The molecule has 1 amide bonds. The molecule has 1 N–H and O–H groups in total. The molecule has 0 saturated carbocycles. The van der Waals surface area contributed by atoms with E-state index in [1.807, 2.05) is 4.72 Å². The molecule has 0 aliphatic carbocycles. The van der Waals surface area contributed by atoms with Crippen LogP contribution in [0, 0.1) is 11.7 Å².